The number of aromatic amines is 1. The van der Waals surface area contributed by atoms with Gasteiger partial charge < -0.3 is 10.1 Å². The standard InChI is InChI=1S/C12H8N2O2/c1-13-10-4-2-3-8(5-10)9-6-11(15)12(16)14-7-9/h2-7,15H,(H,14,16). The van der Waals surface area contributed by atoms with E-state index in [9.17, 15) is 9.90 Å². The number of hydrogen-bond acceptors (Lipinski definition) is 2. The summed E-state index contributed by atoms with van der Waals surface area (Å²) in [5, 5.41) is 9.28. The highest BCUT2D eigenvalue weighted by molar-refractivity contribution is 5.68. The van der Waals surface area contributed by atoms with E-state index in [0.29, 0.717) is 11.3 Å². The lowest BCUT2D eigenvalue weighted by atomic mass is 10.1. The fourth-order valence-electron chi connectivity index (χ4n) is 1.39. The topological polar surface area (TPSA) is 57.5 Å². The molecule has 0 unspecified atom stereocenters. The zero-order chi connectivity index (χ0) is 11.5. The van der Waals surface area contributed by atoms with Crippen LogP contribution in [0.5, 0.6) is 5.75 Å². The van der Waals surface area contributed by atoms with Crippen LogP contribution in [0.15, 0.2) is 41.3 Å². The Balaban J connectivity index is 2.55. The fraction of sp³-hybridized carbons (Fsp3) is 0. The van der Waals surface area contributed by atoms with Gasteiger partial charge in [0.2, 0.25) is 0 Å². The maximum atomic E-state index is 11.0. The average molecular weight is 212 g/mol. The molecule has 0 atom stereocenters. The number of aromatic hydroxyl groups is 1. The van der Waals surface area contributed by atoms with Crippen LogP contribution in [0.3, 0.4) is 0 Å². The first-order valence-electron chi connectivity index (χ1n) is 4.60. The van der Waals surface area contributed by atoms with E-state index < -0.39 is 5.56 Å². The molecule has 1 aromatic carbocycles. The summed E-state index contributed by atoms with van der Waals surface area (Å²) in [6, 6.07) is 8.33. The highest BCUT2D eigenvalue weighted by Crippen LogP contribution is 2.24. The van der Waals surface area contributed by atoms with Gasteiger partial charge >= 0.3 is 0 Å². The van der Waals surface area contributed by atoms with E-state index in [1.165, 1.54) is 12.3 Å². The third-order valence-corrected chi connectivity index (χ3v) is 2.19. The molecule has 0 saturated carbocycles. The molecule has 0 amide bonds. The van der Waals surface area contributed by atoms with Crippen LogP contribution in [0.2, 0.25) is 0 Å². The van der Waals surface area contributed by atoms with Crippen LogP contribution >= 0.6 is 0 Å². The summed E-state index contributed by atoms with van der Waals surface area (Å²) < 4.78 is 0. The number of rotatable bonds is 1. The minimum Gasteiger partial charge on any atom is -0.503 e. The monoisotopic (exact) mass is 212 g/mol. The van der Waals surface area contributed by atoms with Gasteiger partial charge in [0, 0.05) is 11.8 Å². The van der Waals surface area contributed by atoms with E-state index in [1.54, 1.807) is 18.2 Å². The number of benzene rings is 1. The minimum atomic E-state index is -0.523. The van der Waals surface area contributed by atoms with E-state index in [4.69, 9.17) is 6.57 Å². The van der Waals surface area contributed by atoms with Gasteiger partial charge in [-0.25, -0.2) is 4.85 Å². The number of aromatic nitrogens is 1. The molecule has 2 rings (SSSR count). The predicted molar refractivity (Wildman–Crippen MR) is 60.4 cm³/mol. The van der Waals surface area contributed by atoms with Crippen molar-refractivity contribution >= 4 is 5.69 Å². The number of nitrogens with zero attached hydrogens (tertiary/aromatic N) is 1. The Labute approximate surface area is 91.6 Å². The van der Waals surface area contributed by atoms with Gasteiger partial charge in [-0.2, -0.15) is 0 Å². The first-order chi connectivity index (χ1) is 7.70. The second kappa shape index (κ2) is 3.91. The zero-order valence-electron chi connectivity index (χ0n) is 8.27. The molecule has 2 aromatic rings. The van der Waals surface area contributed by atoms with Gasteiger partial charge in [0.05, 0.1) is 6.57 Å². The molecule has 0 aliphatic carbocycles. The molecule has 0 fully saturated rings. The van der Waals surface area contributed by atoms with Crippen LogP contribution in [0.25, 0.3) is 16.0 Å². The second-order valence-corrected chi connectivity index (χ2v) is 3.26. The Bertz CT molecular complexity index is 623. The smallest absolute Gasteiger partial charge is 0.290 e. The highest BCUT2D eigenvalue weighted by atomic mass is 16.3. The largest absolute Gasteiger partial charge is 0.503 e. The van der Waals surface area contributed by atoms with Crippen molar-refractivity contribution in [3.63, 3.8) is 0 Å². The summed E-state index contributed by atoms with van der Waals surface area (Å²) in [7, 11) is 0. The summed E-state index contributed by atoms with van der Waals surface area (Å²) >= 11 is 0. The molecule has 0 aliphatic heterocycles. The van der Waals surface area contributed by atoms with E-state index in [1.807, 2.05) is 6.07 Å². The predicted octanol–water partition coefficient (Wildman–Crippen LogP) is 2.30. The third-order valence-electron chi connectivity index (χ3n) is 2.19. The molecule has 0 spiro atoms. The molecular weight excluding hydrogens is 204 g/mol. The second-order valence-electron chi connectivity index (χ2n) is 3.26. The maximum Gasteiger partial charge on any atom is 0.290 e. The van der Waals surface area contributed by atoms with Crippen molar-refractivity contribution in [1.82, 2.24) is 4.98 Å². The van der Waals surface area contributed by atoms with Gasteiger partial charge in [0.25, 0.3) is 5.56 Å². The quantitative estimate of drug-likeness (QED) is 0.712. The molecule has 4 heteroatoms. The van der Waals surface area contributed by atoms with Crippen LogP contribution in [-0.2, 0) is 0 Å². The molecular formula is C12H8N2O2. The van der Waals surface area contributed by atoms with Crippen molar-refractivity contribution in [1.29, 1.82) is 0 Å². The van der Waals surface area contributed by atoms with Crippen LogP contribution in [-0.4, -0.2) is 10.1 Å². The van der Waals surface area contributed by atoms with E-state index >= 15 is 0 Å². The molecule has 4 nitrogen and oxygen atoms in total. The average Bonchev–Trinajstić information content (AvgIpc) is 2.33. The Morgan fingerprint density at radius 3 is 2.75 bits per heavy atom. The van der Waals surface area contributed by atoms with Crippen molar-refractivity contribution in [2.75, 3.05) is 0 Å². The Morgan fingerprint density at radius 2 is 2.06 bits per heavy atom. The molecule has 16 heavy (non-hydrogen) atoms. The normalized spacial score (nSPS) is 9.69. The lowest BCUT2D eigenvalue weighted by molar-refractivity contribution is 0.467. The molecule has 2 N–H and O–H groups in total. The Hall–Kier alpha value is -2.54. The summed E-state index contributed by atoms with van der Waals surface area (Å²) in [5.41, 5.74) is 1.44. The number of hydrogen-bond donors (Lipinski definition) is 2. The van der Waals surface area contributed by atoms with E-state index in [-0.39, 0.29) is 5.75 Å². The van der Waals surface area contributed by atoms with Crippen molar-refractivity contribution in [3.8, 4) is 16.9 Å². The maximum absolute atomic E-state index is 11.0. The van der Waals surface area contributed by atoms with Crippen molar-refractivity contribution in [2.24, 2.45) is 0 Å². The van der Waals surface area contributed by atoms with Gasteiger partial charge in [-0.05, 0) is 17.7 Å². The van der Waals surface area contributed by atoms with Gasteiger partial charge in [-0.1, -0.05) is 18.2 Å². The van der Waals surface area contributed by atoms with Crippen molar-refractivity contribution < 1.29 is 5.11 Å². The molecule has 0 aliphatic rings. The summed E-state index contributed by atoms with van der Waals surface area (Å²) in [6.45, 7) is 6.90. The van der Waals surface area contributed by atoms with Crippen LogP contribution in [0.1, 0.15) is 0 Å². The molecule has 0 bridgehead atoms. The van der Waals surface area contributed by atoms with Gasteiger partial charge in [-0.15, -0.1) is 0 Å². The molecule has 78 valence electrons. The molecule has 0 saturated heterocycles. The van der Waals surface area contributed by atoms with Gasteiger partial charge in [0.1, 0.15) is 0 Å². The summed E-state index contributed by atoms with van der Waals surface area (Å²) in [4.78, 5) is 16.7. The summed E-state index contributed by atoms with van der Waals surface area (Å²) in [5.74, 6) is -0.328. The molecule has 1 aromatic heterocycles. The minimum absolute atomic E-state index is 0.328. The molecule has 1 heterocycles. The van der Waals surface area contributed by atoms with Gasteiger partial charge in [-0.3, -0.25) is 4.79 Å². The highest BCUT2D eigenvalue weighted by Gasteiger charge is 2.02. The van der Waals surface area contributed by atoms with Crippen molar-refractivity contribution in [3.05, 3.63) is 58.3 Å². The lowest BCUT2D eigenvalue weighted by Gasteiger charge is -2.02. The van der Waals surface area contributed by atoms with Crippen LogP contribution < -0.4 is 5.56 Å². The van der Waals surface area contributed by atoms with Gasteiger partial charge in [0.15, 0.2) is 11.4 Å². The van der Waals surface area contributed by atoms with Crippen LogP contribution in [0, 0.1) is 6.57 Å². The van der Waals surface area contributed by atoms with Crippen molar-refractivity contribution in [2.45, 2.75) is 0 Å². The Morgan fingerprint density at radius 1 is 1.25 bits per heavy atom. The Kier molecular flexibility index (Phi) is 2.44. The first-order valence-corrected chi connectivity index (χ1v) is 4.60. The van der Waals surface area contributed by atoms with Crippen LogP contribution in [0.4, 0.5) is 5.69 Å². The summed E-state index contributed by atoms with van der Waals surface area (Å²) in [6.07, 6.45) is 1.51. The fourth-order valence-corrected chi connectivity index (χ4v) is 1.39. The van der Waals surface area contributed by atoms with E-state index in [0.717, 1.165) is 5.56 Å². The SMILES string of the molecule is [C-]#[N+]c1cccc(-c2c[nH]c(=O)c(O)c2)c1. The lowest BCUT2D eigenvalue weighted by Crippen LogP contribution is -2.03. The zero-order valence-corrected chi connectivity index (χ0v) is 8.27. The molecule has 0 radical (unpaired) electrons. The first kappa shape index (κ1) is 9.99. The van der Waals surface area contributed by atoms with E-state index in [2.05, 4.69) is 9.83 Å². The number of H-pyrrole nitrogens is 1. The number of pyridine rings is 1. The number of nitrogens with one attached hydrogen (secondary N) is 1. The third kappa shape index (κ3) is 1.79.